The van der Waals surface area contributed by atoms with Crippen molar-refractivity contribution in [3.05, 3.63) is 28.5 Å². The molecule has 4 heteroatoms. The zero-order valence-corrected chi connectivity index (χ0v) is 10.0. The van der Waals surface area contributed by atoms with Crippen LogP contribution in [0.5, 0.6) is 0 Å². The second-order valence-corrected chi connectivity index (χ2v) is 4.56. The molecule has 0 spiro atoms. The molecule has 2 heterocycles. The molecule has 0 saturated carbocycles. The highest BCUT2D eigenvalue weighted by Crippen LogP contribution is 2.20. The minimum absolute atomic E-state index is 0.0937. The number of fused-ring (bicyclic) bond motifs is 1. The van der Waals surface area contributed by atoms with E-state index in [-0.39, 0.29) is 11.8 Å². The summed E-state index contributed by atoms with van der Waals surface area (Å²) in [6.07, 6.45) is 1.63. The fraction of sp³-hybridized carbons (Fsp3) is 0.500. The van der Waals surface area contributed by atoms with Crippen LogP contribution in [0, 0.1) is 0 Å². The maximum Gasteiger partial charge on any atom is 0.420 e. The van der Waals surface area contributed by atoms with Crippen molar-refractivity contribution < 1.29 is 4.42 Å². The topological polar surface area (TPSA) is 48.0 Å². The van der Waals surface area contributed by atoms with Crippen molar-refractivity contribution in [2.24, 2.45) is 0 Å². The average Bonchev–Trinajstić information content (AvgIpc) is 2.51. The quantitative estimate of drug-likeness (QED) is 0.781. The molecule has 0 aliphatic heterocycles. The van der Waals surface area contributed by atoms with Crippen molar-refractivity contribution >= 4 is 11.1 Å². The van der Waals surface area contributed by atoms with Crippen molar-refractivity contribution in [3.8, 4) is 0 Å². The van der Waals surface area contributed by atoms with Crippen molar-refractivity contribution in [1.29, 1.82) is 0 Å². The van der Waals surface area contributed by atoms with Crippen LogP contribution in [0.4, 0.5) is 0 Å². The number of hydrogen-bond donors (Lipinski definition) is 0. The minimum Gasteiger partial charge on any atom is -0.406 e. The molecule has 0 aliphatic carbocycles. The third-order valence-electron chi connectivity index (χ3n) is 2.63. The van der Waals surface area contributed by atoms with E-state index in [0.717, 1.165) is 11.2 Å². The molecule has 2 aromatic heterocycles. The van der Waals surface area contributed by atoms with Gasteiger partial charge in [-0.1, -0.05) is 13.8 Å². The normalized spacial score (nSPS) is 11.9. The van der Waals surface area contributed by atoms with E-state index in [1.165, 1.54) is 0 Å². The lowest BCUT2D eigenvalue weighted by Crippen LogP contribution is -2.16. The summed E-state index contributed by atoms with van der Waals surface area (Å²) in [5.41, 5.74) is 2.37. The third kappa shape index (κ3) is 1.64. The van der Waals surface area contributed by atoms with Crippen LogP contribution in [0.2, 0.25) is 0 Å². The van der Waals surface area contributed by atoms with Crippen molar-refractivity contribution in [3.63, 3.8) is 0 Å². The molecule has 16 heavy (non-hydrogen) atoms. The first kappa shape index (κ1) is 10.9. The Kier molecular flexibility index (Phi) is 2.58. The smallest absolute Gasteiger partial charge is 0.406 e. The van der Waals surface area contributed by atoms with Gasteiger partial charge < -0.3 is 4.42 Å². The van der Waals surface area contributed by atoms with Crippen LogP contribution in [0.15, 0.2) is 21.5 Å². The Morgan fingerprint density at radius 2 is 2.00 bits per heavy atom. The molecule has 0 N–H and O–H groups in total. The molecule has 0 saturated heterocycles. The SMILES string of the molecule is CC(C)c1cc2c(cn1)oc(=O)n2C(C)C. The summed E-state index contributed by atoms with van der Waals surface area (Å²) in [7, 11) is 0. The Morgan fingerprint density at radius 1 is 1.31 bits per heavy atom. The Morgan fingerprint density at radius 3 is 2.56 bits per heavy atom. The number of nitrogens with zero attached hydrogens (tertiary/aromatic N) is 2. The zero-order chi connectivity index (χ0) is 11.9. The number of pyridine rings is 1. The van der Waals surface area contributed by atoms with Gasteiger partial charge in [-0.3, -0.25) is 9.55 Å². The fourth-order valence-corrected chi connectivity index (χ4v) is 1.76. The van der Waals surface area contributed by atoms with E-state index in [9.17, 15) is 4.79 Å². The van der Waals surface area contributed by atoms with E-state index >= 15 is 0 Å². The van der Waals surface area contributed by atoms with Gasteiger partial charge in [0.05, 0.1) is 11.7 Å². The van der Waals surface area contributed by atoms with Crippen LogP contribution in [0.3, 0.4) is 0 Å². The van der Waals surface area contributed by atoms with Crippen LogP contribution < -0.4 is 5.76 Å². The third-order valence-corrected chi connectivity index (χ3v) is 2.63. The first-order valence-corrected chi connectivity index (χ1v) is 5.51. The van der Waals surface area contributed by atoms with Gasteiger partial charge in [0.2, 0.25) is 0 Å². The zero-order valence-electron chi connectivity index (χ0n) is 10.0. The van der Waals surface area contributed by atoms with E-state index in [2.05, 4.69) is 18.8 Å². The lowest BCUT2D eigenvalue weighted by atomic mass is 10.1. The summed E-state index contributed by atoms with van der Waals surface area (Å²) < 4.78 is 6.80. The van der Waals surface area contributed by atoms with Crippen LogP contribution in [-0.4, -0.2) is 9.55 Å². The summed E-state index contributed by atoms with van der Waals surface area (Å²) in [6, 6.07) is 2.03. The molecule has 0 radical (unpaired) electrons. The van der Waals surface area contributed by atoms with Gasteiger partial charge in [-0.05, 0) is 25.8 Å². The van der Waals surface area contributed by atoms with Crippen molar-refractivity contribution in [2.75, 3.05) is 0 Å². The largest absolute Gasteiger partial charge is 0.420 e. The molecule has 0 fully saturated rings. The summed E-state index contributed by atoms with van der Waals surface area (Å²) in [4.78, 5) is 15.9. The van der Waals surface area contributed by atoms with Crippen LogP contribution in [0.1, 0.15) is 45.3 Å². The van der Waals surface area contributed by atoms with E-state index in [0.29, 0.717) is 11.5 Å². The number of rotatable bonds is 2. The highest BCUT2D eigenvalue weighted by Gasteiger charge is 2.13. The lowest BCUT2D eigenvalue weighted by Gasteiger charge is -2.07. The molecule has 0 amide bonds. The average molecular weight is 220 g/mol. The maximum absolute atomic E-state index is 11.6. The van der Waals surface area contributed by atoms with E-state index < -0.39 is 0 Å². The van der Waals surface area contributed by atoms with Gasteiger partial charge in [-0.2, -0.15) is 0 Å². The maximum atomic E-state index is 11.6. The highest BCUT2D eigenvalue weighted by atomic mass is 16.4. The number of hydrogen-bond acceptors (Lipinski definition) is 3. The van der Waals surface area contributed by atoms with Crippen LogP contribution in [-0.2, 0) is 0 Å². The Balaban J connectivity index is 2.75. The highest BCUT2D eigenvalue weighted by molar-refractivity contribution is 5.72. The van der Waals surface area contributed by atoms with Gasteiger partial charge in [0.25, 0.3) is 0 Å². The lowest BCUT2D eigenvalue weighted by molar-refractivity contribution is 0.478. The molecular weight excluding hydrogens is 204 g/mol. The van der Waals surface area contributed by atoms with Gasteiger partial charge >= 0.3 is 5.76 Å². The summed E-state index contributed by atoms with van der Waals surface area (Å²) in [5.74, 6) is 0.0303. The molecule has 0 aromatic carbocycles. The Bertz CT molecular complexity index is 564. The van der Waals surface area contributed by atoms with E-state index in [4.69, 9.17) is 4.42 Å². The van der Waals surface area contributed by atoms with E-state index in [1.807, 2.05) is 19.9 Å². The van der Waals surface area contributed by atoms with Crippen molar-refractivity contribution in [2.45, 2.75) is 39.7 Å². The van der Waals surface area contributed by atoms with Gasteiger partial charge in [-0.25, -0.2) is 4.79 Å². The first-order chi connectivity index (χ1) is 7.50. The molecular formula is C12H16N2O2. The number of oxazole rings is 1. The fourth-order valence-electron chi connectivity index (χ4n) is 1.76. The molecule has 0 bridgehead atoms. The standard InChI is InChI=1S/C12H16N2O2/c1-7(2)9-5-10-11(6-13-9)16-12(15)14(10)8(3)4/h5-8H,1-4H3. The molecule has 86 valence electrons. The minimum atomic E-state index is -0.312. The summed E-state index contributed by atoms with van der Waals surface area (Å²) >= 11 is 0. The Labute approximate surface area is 93.9 Å². The molecule has 0 unspecified atom stereocenters. The molecule has 0 atom stereocenters. The van der Waals surface area contributed by atoms with Gasteiger partial charge in [0, 0.05) is 11.7 Å². The first-order valence-electron chi connectivity index (χ1n) is 5.51. The molecule has 2 aromatic rings. The molecule has 2 rings (SSSR count). The number of aromatic nitrogens is 2. The predicted molar refractivity (Wildman–Crippen MR) is 62.7 cm³/mol. The summed E-state index contributed by atoms with van der Waals surface area (Å²) in [6.45, 7) is 8.08. The predicted octanol–water partition coefficient (Wildman–Crippen LogP) is 2.69. The van der Waals surface area contributed by atoms with Crippen LogP contribution >= 0.6 is 0 Å². The van der Waals surface area contributed by atoms with Crippen LogP contribution in [0.25, 0.3) is 11.1 Å². The van der Waals surface area contributed by atoms with Gasteiger partial charge in [-0.15, -0.1) is 0 Å². The van der Waals surface area contributed by atoms with Crippen molar-refractivity contribution in [1.82, 2.24) is 9.55 Å². The summed E-state index contributed by atoms with van der Waals surface area (Å²) in [5, 5.41) is 0. The van der Waals surface area contributed by atoms with Gasteiger partial charge in [0.15, 0.2) is 5.58 Å². The second-order valence-electron chi connectivity index (χ2n) is 4.56. The second kappa shape index (κ2) is 3.77. The van der Waals surface area contributed by atoms with Gasteiger partial charge in [0.1, 0.15) is 0 Å². The molecule has 4 nitrogen and oxygen atoms in total. The molecule has 0 aliphatic rings. The van der Waals surface area contributed by atoms with E-state index in [1.54, 1.807) is 10.8 Å². The Hall–Kier alpha value is -1.58. The monoisotopic (exact) mass is 220 g/mol.